The smallest absolute Gasteiger partial charge is 0.0630 e. The van der Waals surface area contributed by atoms with Crippen LogP contribution in [0, 0.1) is 0 Å². The molecule has 0 radical (unpaired) electrons. The first-order chi connectivity index (χ1) is 14.8. The van der Waals surface area contributed by atoms with Gasteiger partial charge in [-0.2, -0.15) is 0 Å². The first-order valence-corrected chi connectivity index (χ1v) is 12.5. The van der Waals surface area contributed by atoms with E-state index in [2.05, 4.69) is 67.4 Å². The molecule has 0 unspecified atom stereocenters. The van der Waals surface area contributed by atoms with Crippen molar-refractivity contribution < 1.29 is 0 Å². The van der Waals surface area contributed by atoms with Crippen LogP contribution in [-0.2, 0) is 12.8 Å². The van der Waals surface area contributed by atoms with E-state index in [9.17, 15) is 0 Å². The SMILES string of the molecule is CCCCCCCCCCCCc1ccc(C=Nc2ccc(CCCC)cc2)cc1. The maximum atomic E-state index is 4.63. The van der Waals surface area contributed by atoms with Crippen molar-refractivity contribution >= 4 is 11.9 Å². The van der Waals surface area contributed by atoms with Crippen LogP contribution in [0.5, 0.6) is 0 Å². The van der Waals surface area contributed by atoms with E-state index in [1.54, 1.807) is 0 Å². The van der Waals surface area contributed by atoms with E-state index in [0.717, 1.165) is 5.69 Å². The average molecular weight is 406 g/mol. The molecule has 0 bridgehead atoms. The summed E-state index contributed by atoms with van der Waals surface area (Å²) in [6.07, 6.45) is 20.8. The second-order valence-corrected chi connectivity index (χ2v) is 8.70. The molecular formula is C29H43N. The molecule has 0 aliphatic carbocycles. The minimum Gasteiger partial charge on any atom is -0.256 e. The minimum absolute atomic E-state index is 1.03. The summed E-state index contributed by atoms with van der Waals surface area (Å²) in [7, 11) is 0. The molecule has 0 aliphatic heterocycles. The molecular weight excluding hydrogens is 362 g/mol. The molecule has 0 saturated heterocycles. The Bertz CT molecular complexity index is 681. The Morgan fingerprint density at radius 3 is 1.57 bits per heavy atom. The molecule has 0 saturated carbocycles. The molecule has 0 aliphatic rings. The summed E-state index contributed by atoms with van der Waals surface area (Å²) in [5.74, 6) is 0. The number of hydrogen-bond donors (Lipinski definition) is 0. The lowest BCUT2D eigenvalue weighted by Crippen LogP contribution is -1.88. The van der Waals surface area contributed by atoms with Crippen LogP contribution in [0.3, 0.4) is 0 Å². The van der Waals surface area contributed by atoms with Gasteiger partial charge in [0.15, 0.2) is 0 Å². The highest BCUT2D eigenvalue weighted by Crippen LogP contribution is 2.16. The molecule has 0 fully saturated rings. The zero-order chi connectivity index (χ0) is 21.3. The van der Waals surface area contributed by atoms with Gasteiger partial charge in [-0.25, -0.2) is 0 Å². The largest absolute Gasteiger partial charge is 0.256 e. The molecule has 0 N–H and O–H groups in total. The molecule has 1 heteroatoms. The van der Waals surface area contributed by atoms with Gasteiger partial charge in [0, 0.05) is 6.21 Å². The van der Waals surface area contributed by atoms with Gasteiger partial charge in [0.25, 0.3) is 0 Å². The van der Waals surface area contributed by atoms with Crippen LogP contribution in [0.25, 0.3) is 0 Å². The van der Waals surface area contributed by atoms with Crippen molar-refractivity contribution in [2.45, 2.75) is 104 Å². The van der Waals surface area contributed by atoms with Gasteiger partial charge in [-0.15, -0.1) is 0 Å². The summed E-state index contributed by atoms with van der Waals surface area (Å²) in [6, 6.07) is 17.6. The van der Waals surface area contributed by atoms with Crippen LogP contribution < -0.4 is 0 Å². The predicted molar refractivity (Wildman–Crippen MR) is 134 cm³/mol. The minimum atomic E-state index is 1.03. The van der Waals surface area contributed by atoms with E-state index in [0.29, 0.717) is 0 Å². The monoisotopic (exact) mass is 405 g/mol. The van der Waals surface area contributed by atoms with E-state index in [1.807, 2.05) is 6.21 Å². The van der Waals surface area contributed by atoms with Crippen LogP contribution in [0.2, 0.25) is 0 Å². The number of nitrogens with zero attached hydrogens (tertiary/aromatic N) is 1. The quantitative estimate of drug-likeness (QED) is 0.195. The lowest BCUT2D eigenvalue weighted by Gasteiger charge is -2.04. The Labute approximate surface area is 186 Å². The van der Waals surface area contributed by atoms with Gasteiger partial charge < -0.3 is 0 Å². The van der Waals surface area contributed by atoms with E-state index in [1.165, 1.54) is 107 Å². The Balaban J connectivity index is 1.61. The standard InChI is InChI=1S/C29H43N/c1-3-5-7-8-9-10-11-12-13-14-16-27-17-19-28(20-18-27)25-30-29-23-21-26(22-24-29)15-6-4-2/h17-25H,3-16H2,1-2H3. The fourth-order valence-corrected chi connectivity index (χ4v) is 3.87. The topological polar surface area (TPSA) is 12.4 Å². The Morgan fingerprint density at radius 1 is 0.533 bits per heavy atom. The zero-order valence-electron chi connectivity index (χ0n) is 19.5. The molecule has 2 aromatic rings. The van der Waals surface area contributed by atoms with Crippen molar-refractivity contribution in [3.05, 3.63) is 65.2 Å². The van der Waals surface area contributed by atoms with Crippen molar-refractivity contribution in [2.75, 3.05) is 0 Å². The lowest BCUT2D eigenvalue weighted by molar-refractivity contribution is 0.556. The third-order valence-electron chi connectivity index (χ3n) is 5.92. The summed E-state index contributed by atoms with van der Waals surface area (Å²) >= 11 is 0. The molecule has 30 heavy (non-hydrogen) atoms. The average Bonchev–Trinajstić information content (AvgIpc) is 2.79. The third kappa shape index (κ3) is 10.8. The number of aryl methyl sites for hydroxylation is 2. The van der Waals surface area contributed by atoms with Crippen molar-refractivity contribution in [1.29, 1.82) is 0 Å². The maximum Gasteiger partial charge on any atom is 0.0630 e. The highest BCUT2D eigenvalue weighted by Gasteiger charge is 1.97. The van der Waals surface area contributed by atoms with Gasteiger partial charge in [0.05, 0.1) is 5.69 Å². The van der Waals surface area contributed by atoms with Crippen molar-refractivity contribution in [3.63, 3.8) is 0 Å². The van der Waals surface area contributed by atoms with Crippen molar-refractivity contribution in [3.8, 4) is 0 Å². The highest BCUT2D eigenvalue weighted by molar-refractivity contribution is 5.81. The molecule has 164 valence electrons. The Hall–Kier alpha value is -1.89. The summed E-state index contributed by atoms with van der Waals surface area (Å²) in [6.45, 7) is 4.52. The van der Waals surface area contributed by atoms with Gasteiger partial charge in [-0.05, 0) is 54.5 Å². The van der Waals surface area contributed by atoms with Crippen molar-refractivity contribution in [2.24, 2.45) is 4.99 Å². The Morgan fingerprint density at radius 2 is 1.00 bits per heavy atom. The number of rotatable bonds is 16. The van der Waals surface area contributed by atoms with Crippen LogP contribution >= 0.6 is 0 Å². The summed E-state index contributed by atoms with van der Waals surface area (Å²) in [5.41, 5.74) is 5.07. The Kier molecular flexibility index (Phi) is 12.9. The predicted octanol–water partition coefficient (Wildman–Crippen LogP) is 9.24. The normalized spacial score (nSPS) is 11.4. The number of benzene rings is 2. The molecule has 2 rings (SSSR count). The van der Waals surface area contributed by atoms with Gasteiger partial charge >= 0.3 is 0 Å². The first-order valence-electron chi connectivity index (χ1n) is 12.5. The van der Waals surface area contributed by atoms with Crippen LogP contribution in [-0.4, -0.2) is 6.21 Å². The summed E-state index contributed by atoms with van der Waals surface area (Å²) < 4.78 is 0. The number of hydrogen-bond acceptors (Lipinski definition) is 1. The summed E-state index contributed by atoms with van der Waals surface area (Å²) in [5, 5.41) is 0. The number of aliphatic imine (C=N–C) groups is 1. The zero-order valence-corrected chi connectivity index (χ0v) is 19.5. The second kappa shape index (κ2) is 15.9. The van der Waals surface area contributed by atoms with Gasteiger partial charge in [0.1, 0.15) is 0 Å². The van der Waals surface area contributed by atoms with Crippen LogP contribution in [0.15, 0.2) is 53.5 Å². The second-order valence-electron chi connectivity index (χ2n) is 8.70. The molecule has 0 amide bonds. The maximum absolute atomic E-state index is 4.63. The molecule has 1 nitrogen and oxygen atoms in total. The van der Waals surface area contributed by atoms with E-state index >= 15 is 0 Å². The molecule has 0 aromatic heterocycles. The van der Waals surface area contributed by atoms with E-state index < -0.39 is 0 Å². The van der Waals surface area contributed by atoms with Crippen molar-refractivity contribution in [1.82, 2.24) is 0 Å². The fourth-order valence-electron chi connectivity index (χ4n) is 3.87. The van der Waals surface area contributed by atoms with E-state index in [-0.39, 0.29) is 0 Å². The van der Waals surface area contributed by atoms with E-state index in [4.69, 9.17) is 0 Å². The fraction of sp³-hybridized carbons (Fsp3) is 0.552. The summed E-state index contributed by atoms with van der Waals surface area (Å²) in [4.78, 5) is 4.63. The molecule has 2 aromatic carbocycles. The third-order valence-corrected chi connectivity index (χ3v) is 5.92. The van der Waals surface area contributed by atoms with Crippen LogP contribution in [0.4, 0.5) is 5.69 Å². The molecule has 0 atom stereocenters. The van der Waals surface area contributed by atoms with Gasteiger partial charge in [0.2, 0.25) is 0 Å². The molecule has 0 heterocycles. The lowest BCUT2D eigenvalue weighted by atomic mass is 10.0. The first kappa shape index (κ1) is 24.4. The van der Waals surface area contributed by atoms with Gasteiger partial charge in [-0.1, -0.05) is 114 Å². The van der Waals surface area contributed by atoms with Gasteiger partial charge in [-0.3, -0.25) is 4.99 Å². The van der Waals surface area contributed by atoms with Crippen LogP contribution in [0.1, 0.15) is 108 Å². The number of unbranched alkanes of at least 4 members (excludes halogenated alkanes) is 10. The highest BCUT2D eigenvalue weighted by atomic mass is 14.7. The molecule has 0 spiro atoms.